The minimum atomic E-state index is -0.510. The minimum absolute atomic E-state index is 0.510. The quantitative estimate of drug-likeness (QED) is 0.692. The summed E-state index contributed by atoms with van der Waals surface area (Å²) in [5.74, 6) is 2.11. The zero-order valence-corrected chi connectivity index (χ0v) is 14.1. The molecule has 5 heteroatoms. The molecule has 1 fully saturated rings. The first-order valence-electron chi connectivity index (χ1n) is 8.19. The summed E-state index contributed by atoms with van der Waals surface area (Å²) in [6.45, 7) is 0. The van der Waals surface area contributed by atoms with E-state index in [1.54, 1.807) is 0 Å². The van der Waals surface area contributed by atoms with Gasteiger partial charge in [-0.25, -0.2) is 9.67 Å². The third-order valence-corrected chi connectivity index (χ3v) is 5.02. The van der Waals surface area contributed by atoms with Gasteiger partial charge in [0.15, 0.2) is 0 Å². The Bertz CT molecular complexity index is 800. The third kappa shape index (κ3) is 3.37. The molecule has 0 spiro atoms. The number of hydrogen-bond donors (Lipinski definition) is 1. The van der Waals surface area contributed by atoms with Crippen molar-refractivity contribution >= 4 is 11.8 Å². The smallest absolute Gasteiger partial charge is 0.209 e. The molecule has 1 unspecified atom stereocenters. The van der Waals surface area contributed by atoms with Crippen LogP contribution in [0.4, 0.5) is 0 Å². The van der Waals surface area contributed by atoms with Crippen molar-refractivity contribution in [1.29, 1.82) is 0 Å². The summed E-state index contributed by atoms with van der Waals surface area (Å²) in [6, 6.07) is 19.8. The van der Waals surface area contributed by atoms with E-state index < -0.39 is 6.10 Å². The molecule has 122 valence electrons. The molecule has 1 heterocycles. The van der Waals surface area contributed by atoms with Crippen molar-refractivity contribution in [1.82, 2.24) is 14.8 Å². The lowest BCUT2D eigenvalue weighted by Crippen LogP contribution is -2.01. The molecular weight excluding hydrogens is 318 g/mol. The molecule has 0 amide bonds. The van der Waals surface area contributed by atoms with Gasteiger partial charge in [-0.05, 0) is 30.5 Å². The van der Waals surface area contributed by atoms with Crippen molar-refractivity contribution < 1.29 is 5.11 Å². The van der Waals surface area contributed by atoms with Crippen LogP contribution in [0, 0.1) is 0 Å². The molecular formula is C19H19N3OS. The molecule has 1 aliphatic rings. The van der Waals surface area contributed by atoms with Gasteiger partial charge in [0.1, 0.15) is 5.82 Å². The summed E-state index contributed by atoms with van der Waals surface area (Å²) in [4.78, 5) is 4.72. The Labute approximate surface area is 145 Å². The second kappa shape index (κ2) is 6.79. The highest BCUT2D eigenvalue weighted by Gasteiger charge is 2.30. The van der Waals surface area contributed by atoms with Crippen LogP contribution in [0.2, 0.25) is 0 Å². The zero-order valence-electron chi connectivity index (χ0n) is 13.2. The molecule has 4 rings (SSSR count). The number of hydrogen-bond acceptors (Lipinski definition) is 4. The number of nitrogens with zero attached hydrogens (tertiary/aromatic N) is 3. The summed E-state index contributed by atoms with van der Waals surface area (Å²) >= 11 is 1.51. The lowest BCUT2D eigenvalue weighted by atomic mass is 10.1. The maximum Gasteiger partial charge on any atom is 0.209 e. The molecule has 1 aliphatic carbocycles. The van der Waals surface area contributed by atoms with Gasteiger partial charge in [0.05, 0.1) is 11.8 Å². The van der Waals surface area contributed by atoms with Crippen LogP contribution in [0.1, 0.15) is 36.3 Å². The number of thioether (sulfide) groups is 1. The van der Waals surface area contributed by atoms with E-state index in [1.165, 1.54) is 24.6 Å². The van der Waals surface area contributed by atoms with Crippen LogP contribution in [0.5, 0.6) is 0 Å². The molecule has 1 atom stereocenters. The summed E-state index contributed by atoms with van der Waals surface area (Å²) in [5.41, 5.74) is 1.97. The maximum absolute atomic E-state index is 10.3. The van der Waals surface area contributed by atoms with E-state index in [2.05, 4.69) is 5.10 Å². The van der Waals surface area contributed by atoms with Crippen molar-refractivity contribution in [2.75, 3.05) is 5.75 Å². The average molecular weight is 337 g/mol. The largest absolute Gasteiger partial charge is 0.388 e. The van der Waals surface area contributed by atoms with Gasteiger partial charge < -0.3 is 5.11 Å². The fourth-order valence-electron chi connectivity index (χ4n) is 2.66. The van der Waals surface area contributed by atoms with Gasteiger partial charge >= 0.3 is 0 Å². The van der Waals surface area contributed by atoms with Crippen LogP contribution in [-0.4, -0.2) is 25.6 Å². The monoisotopic (exact) mass is 337 g/mol. The van der Waals surface area contributed by atoms with Gasteiger partial charge in [-0.1, -0.05) is 60.3 Å². The van der Waals surface area contributed by atoms with Crippen LogP contribution >= 0.6 is 11.8 Å². The Morgan fingerprint density at radius 2 is 1.71 bits per heavy atom. The van der Waals surface area contributed by atoms with E-state index in [0.29, 0.717) is 11.7 Å². The molecule has 3 aromatic rings. The van der Waals surface area contributed by atoms with Gasteiger partial charge in [0.2, 0.25) is 5.16 Å². The van der Waals surface area contributed by atoms with Gasteiger partial charge in [0, 0.05) is 11.7 Å². The van der Waals surface area contributed by atoms with Crippen LogP contribution in [0.3, 0.4) is 0 Å². The summed E-state index contributed by atoms with van der Waals surface area (Å²) in [6.07, 6.45) is 1.86. The fourth-order valence-corrected chi connectivity index (χ4v) is 3.45. The average Bonchev–Trinajstić information content (AvgIpc) is 3.40. The highest BCUT2D eigenvalue weighted by Crippen LogP contribution is 2.40. The first-order valence-corrected chi connectivity index (χ1v) is 9.18. The normalized spacial score (nSPS) is 15.4. The Hall–Kier alpha value is -2.11. The number of aromatic nitrogens is 3. The van der Waals surface area contributed by atoms with Gasteiger partial charge in [-0.2, -0.15) is 0 Å². The van der Waals surface area contributed by atoms with E-state index in [9.17, 15) is 5.11 Å². The molecule has 0 saturated heterocycles. The second-order valence-corrected chi connectivity index (χ2v) is 7.00. The second-order valence-electron chi connectivity index (χ2n) is 6.01. The molecule has 2 aromatic carbocycles. The number of aliphatic hydroxyl groups is 1. The van der Waals surface area contributed by atoms with E-state index in [0.717, 1.165) is 22.2 Å². The van der Waals surface area contributed by atoms with Crippen LogP contribution in [0.25, 0.3) is 5.69 Å². The first kappa shape index (κ1) is 15.4. The van der Waals surface area contributed by atoms with Gasteiger partial charge in [-0.15, -0.1) is 5.10 Å². The Balaban J connectivity index is 1.52. The molecule has 1 aromatic heterocycles. The fraction of sp³-hybridized carbons (Fsp3) is 0.263. The predicted octanol–water partition coefficient (Wildman–Crippen LogP) is 3.97. The van der Waals surface area contributed by atoms with E-state index in [4.69, 9.17) is 4.98 Å². The van der Waals surface area contributed by atoms with E-state index in [-0.39, 0.29) is 0 Å². The van der Waals surface area contributed by atoms with Crippen molar-refractivity contribution in [3.8, 4) is 5.69 Å². The Kier molecular flexibility index (Phi) is 4.36. The number of rotatable bonds is 6. The Morgan fingerprint density at radius 1 is 1.04 bits per heavy atom. The maximum atomic E-state index is 10.3. The molecule has 24 heavy (non-hydrogen) atoms. The van der Waals surface area contributed by atoms with Crippen molar-refractivity contribution in [3.05, 3.63) is 72.1 Å². The van der Waals surface area contributed by atoms with Gasteiger partial charge in [0.25, 0.3) is 0 Å². The molecule has 4 nitrogen and oxygen atoms in total. The van der Waals surface area contributed by atoms with Crippen LogP contribution in [0.15, 0.2) is 65.8 Å². The predicted molar refractivity (Wildman–Crippen MR) is 95.5 cm³/mol. The molecule has 1 N–H and O–H groups in total. The lowest BCUT2D eigenvalue weighted by Gasteiger charge is -2.08. The molecule has 0 radical (unpaired) electrons. The van der Waals surface area contributed by atoms with E-state index >= 15 is 0 Å². The van der Waals surface area contributed by atoms with E-state index in [1.807, 2.05) is 65.3 Å². The summed E-state index contributed by atoms with van der Waals surface area (Å²) in [5, 5.41) is 15.7. The first-order chi connectivity index (χ1) is 11.8. The number of para-hydroxylation sites is 1. The highest BCUT2D eigenvalue weighted by atomic mass is 32.2. The molecule has 1 saturated carbocycles. The Morgan fingerprint density at radius 3 is 2.38 bits per heavy atom. The van der Waals surface area contributed by atoms with Crippen LogP contribution in [-0.2, 0) is 0 Å². The summed E-state index contributed by atoms with van der Waals surface area (Å²) in [7, 11) is 0. The van der Waals surface area contributed by atoms with Gasteiger partial charge in [-0.3, -0.25) is 0 Å². The number of benzene rings is 2. The standard InChI is InChI=1S/C19H19N3OS/c23-17(14-7-3-1-4-8-14)13-24-19-20-18(15-11-12-15)22(21-19)16-9-5-2-6-10-16/h1-10,15,17,23H,11-13H2. The summed E-state index contributed by atoms with van der Waals surface area (Å²) < 4.78 is 1.95. The SMILES string of the molecule is OC(CSc1nc(C2CC2)n(-c2ccccc2)n1)c1ccccc1. The molecule has 0 bridgehead atoms. The van der Waals surface area contributed by atoms with Crippen molar-refractivity contribution in [3.63, 3.8) is 0 Å². The number of aliphatic hydroxyl groups excluding tert-OH is 1. The lowest BCUT2D eigenvalue weighted by molar-refractivity contribution is 0.204. The van der Waals surface area contributed by atoms with Crippen LogP contribution < -0.4 is 0 Å². The van der Waals surface area contributed by atoms with Crippen molar-refractivity contribution in [2.24, 2.45) is 0 Å². The minimum Gasteiger partial charge on any atom is -0.388 e. The zero-order chi connectivity index (χ0) is 16.4. The third-order valence-electron chi connectivity index (χ3n) is 4.11. The highest BCUT2D eigenvalue weighted by molar-refractivity contribution is 7.99. The molecule has 0 aliphatic heterocycles. The van der Waals surface area contributed by atoms with Crippen molar-refractivity contribution in [2.45, 2.75) is 30.0 Å². The topological polar surface area (TPSA) is 50.9 Å².